The molecule has 4 rings (SSSR count). The van der Waals surface area contributed by atoms with Crippen molar-refractivity contribution < 1.29 is 0 Å². The maximum atomic E-state index is 4.89. The lowest BCUT2D eigenvalue weighted by Gasteiger charge is -2.24. The lowest BCUT2D eigenvalue weighted by atomic mass is 10.1. The number of fused-ring (bicyclic) bond motifs is 1. The summed E-state index contributed by atoms with van der Waals surface area (Å²) in [6.07, 6.45) is 1.02. The van der Waals surface area contributed by atoms with Crippen molar-refractivity contribution in [2.24, 2.45) is 0 Å². The molecular formula is C22H24N4. The second kappa shape index (κ2) is 6.45. The van der Waals surface area contributed by atoms with Crippen molar-refractivity contribution in [3.05, 3.63) is 66.2 Å². The van der Waals surface area contributed by atoms with Crippen LogP contribution in [0.15, 0.2) is 60.7 Å². The molecular weight excluding hydrogens is 320 g/mol. The Morgan fingerprint density at radius 2 is 1.65 bits per heavy atom. The number of hydrogen-bond donors (Lipinski definition) is 1. The normalized spacial score (nSPS) is 13.6. The lowest BCUT2D eigenvalue weighted by Crippen LogP contribution is -2.27. The van der Waals surface area contributed by atoms with E-state index >= 15 is 0 Å². The lowest BCUT2D eigenvalue weighted by molar-refractivity contribution is 0.630. The van der Waals surface area contributed by atoms with E-state index in [1.165, 1.54) is 11.3 Å². The monoisotopic (exact) mass is 344 g/mol. The highest BCUT2D eigenvalue weighted by Crippen LogP contribution is 2.34. The Morgan fingerprint density at radius 3 is 2.42 bits per heavy atom. The zero-order chi connectivity index (χ0) is 18.1. The maximum Gasteiger partial charge on any atom is 0.232 e. The van der Waals surface area contributed by atoms with Gasteiger partial charge in [0.1, 0.15) is 5.82 Å². The molecule has 0 bridgehead atoms. The van der Waals surface area contributed by atoms with Crippen LogP contribution in [0.5, 0.6) is 0 Å². The summed E-state index contributed by atoms with van der Waals surface area (Å²) in [5.74, 6) is 1.61. The first kappa shape index (κ1) is 16.6. The van der Waals surface area contributed by atoms with Crippen molar-refractivity contribution in [3.63, 3.8) is 0 Å². The average molecular weight is 344 g/mol. The van der Waals surface area contributed by atoms with Gasteiger partial charge in [0.15, 0.2) is 0 Å². The van der Waals surface area contributed by atoms with Gasteiger partial charge in [0.25, 0.3) is 0 Å². The standard InChI is InChI=1S/C22H24N4/c1-22(2,3)25-20-15-18(16-9-5-4-6-10-16)23-21(24-20)26-14-13-17-11-7-8-12-19(17)26/h4-12,15H,13-14H2,1-3H3,(H,23,24,25). The number of nitrogens with one attached hydrogen (secondary N) is 1. The van der Waals surface area contributed by atoms with E-state index in [0.29, 0.717) is 0 Å². The zero-order valence-corrected chi connectivity index (χ0v) is 15.5. The predicted octanol–water partition coefficient (Wildman–Crippen LogP) is 5.05. The molecule has 132 valence electrons. The van der Waals surface area contributed by atoms with Crippen molar-refractivity contribution in [2.75, 3.05) is 16.8 Å². The molecule has 0 atom stereocenters. The van der Waals surface area contributed by atoms with Crippen LogP contribution in [0.25, 0.3) is 11.3 Å². The Balaban J connectivity index is 1.80. The highest BCUT2D eigenvalue weighted by Gasteiger charge is 2.23. The van der Waals surface area contributed by atoms with Gasteiger partial charge in [-0.25, -0.2) is 4.98 Å². The molecule has 1 aliphatic rings. The molecule has 4 nitrogen and oxygen atoms in total. The Labute approximate surface area is 154 Å². The number of hydrogen-bond acceptors (Lipinski definition) is 4. The largest absolute Gasteiger partial charge is 0.365 e. The molecule has 1 aliphatic heterocycles. The van der Waals surface area contributed by atoms with Gasteiger partial charge in [0.05, 0.1) is 5.69 Å². The Morgan fingerprint density at radius 1 is 0.923 bits per heavy atom. The van der Waals surface area contributed by atoms with Crippen LogP contribution < -0.4 is 10.2 Å². The van der Waals surface area contributed by atoms with Crippen LogP contribution in [0.2, 0.25) is 0 Å². The van der Waals surface area contributed by atoms with Gasteiger partial charge in [-0.05, 0) is 38.8 Å². The van der Waals surface area contributed by atoms with E-state index in [1.807, 2.05) is 24.3 Å². The van der Waals surface area contributed by atoms with Crippen LogP contribution in [0.1, 0.15) is 26.3 Å². The van der Waals surface area contributed by atoms with Crippen molar-refractivity contribution in [1.29, 1.82) is 0 Å². The minimum atomic E-state index is -0.0670. The summed E-state index contributed by atoms with van der Waals surface area (Å²) in [4.78, 5) is 11.9. The third-order valence-corrected chi connectivity index (χ3v) is 4.42. The SMILES string of the molecule is CC(C)(C)Nc1cc(-c2ccccc2)nc(N2CCc3ccccc32)n1. The molecule has 0 fully saturated rings. The number of anilines is 3. The van der Waals surface area contributed by atoms with Crippen molar-refractivity contribution in [2.45, 2.75) is 32.7 Å². The molecule has 1 aromatic heterocycles. The van der Waals surface area contributed by atoms with Crippen LogP contribution in [-0.2, 0) is 6.42 Å². The Kier molecular flexibility index (Phi) is 4.11. The number of nitrogens with zero attached hydrogens (tertiary/aromatic N) is 3. The van der Waals surface area contributed by atoms with E-state index in [9.17, 15) is 0 Å². The Bertz CT molecular complexity index is 913. The van der Waals surface area contributed by atoms with Gasteiger partial charge in [-0.2, -0.15) is 4.98 Å². The Hall–Kier alpha value is -2.88. The molecule has 0 radical (unpaired) electrons. The zero-order valence-electron chi connectivity index (χ0n) is 15.5. The van der Waals surface area contributed by atoms with E-state index in [0.717, 1.165) is 36.0 Å². The van der Waals surface area contributed by atoms with Crippen molar-refractivity contribution in [3.8, 4) is 11.3 Å². The number of benzene rings is 2. The van der Waals surface area contributed by atoms with Gasteiger partial charge >= 0.3 is 0 Å². The number of rotatable bonds is 3. The van der Waals surface area contributed by atoms with Gasteiger partial charge in [-0.3, -0.25) is 0 Å². The molecule has 0 unspecified atom stereocenters. The van der Waals surface area contributed by atoms with E-state index in [4.69, 9.17) is 9.97 Å². The molecule has 2 heterocycles. The third kappa shape index (κ3) is 3.40. The minimum Gasteiger partial charge on any atom is -0.365 e. The van der Waals surface area contributed by atoms with Crippen molar-refractivity contribution in [1.82, 2.24) is 9.97 Å². The third-order valence-electron chi connectivity index (χ3n) is 4.42. The summed E-state index contributed by atoms with van der Waals surface area (Å²) in [6, 6.07) is 20.8. The molecule has 0 aliphatic carbocycles. The van der Waals surface area contributed by atoms with Crippen molar-refractivity contribution >= 4 is 17.5 Å². The molecule has 0 spiro atoms. The first-order valence-electron chi connectivity index (χ1n) is 9.08. The second-order valence-electron chi connectivity index (χ2n) is 7.71. The summed E-state index contributed by atoms with van der Waals surface area (Å²) in [5, 5.41) is 3.50. The van der Waals surface area contributed by atoms with Gasteiger partial charge < -0.3 is 10.2 Å². The molecule has 1 N–H and O–H groups in total. The summed E-state index contributed by atoms with van der Waals surface area (Å²) in [6.45, 7) is 7.33. The molecule has 2 aromatic carbocycles. The first-order chi connectivity index (χ1) is 12.5. The van der Waals surface area contributed by atoms with Gasteiger partial charge in [0.2, 0.25) is 5.95 Å². The van der Waals surface area contributed by atoms with Gasteiger partial charge in [0, 0.05) is 29.4 Å². The number of aromatic nitrogens is 2. The van der Waals surface area contributed by atoms with E-state index in [1.54, 1.807) is 0 Å². The quantitative estimate of drug-likeness (QED) is 0.722. The molecule has 3 aromatic rings. The van der Waals surface area contributed by atoms with E-state index in [2.05, 4.69) is 67.4 Å². The van der Waals surface area contributed by atoms with Crippen LogP contribution in [0.3, 0.4) is 0 Å². The first-order valence-corrected chi connectivity index (χ1v) is 9.08. The fourth-order valence-corrected chi connectivity index (χ4v) is 3.31. The highest BCUT2D eigenvalue weighted by atomic mass is 15.3. The molecule has 0 saturated heterocycles. The topological polar surface area (TPSA) is 41.1 Å². The molecule has 4 heteroatoms. The molecule has 0 amide bonds. The van der Waals surface area contributed by atoms with E-state index < -0.39 is 0 Å². The van der Waals surface area contributed by atoms with Crippen LogP contribution in [0, 0.1) is 0 Å². The predicted molar refractivity (Wildman–Crippen MR) is 108 cm³/mol. The maximum absolute atomic E-state index is 4.89. The number of para-hydroxylation sites is 1. The molecule has 0 saturated carbocycles. The van der Waals surface area contributed by atoms with Crippen LogP contribution in [-0.4, -0.2) is 22.1 Å². The van der Waals surface area contributed by atoms with Crippen LogP contribution >= 0.6 is 0 Å². The smallest absolute Gasteiger partial charge is 0.232 e. The summed E-state index contributed by atoms with van der Waals surface area (Å²) in [7, 11) is 0. The summed E-state index contributed by atoms with van der Waals surface area (Å²) in [5.41, 5.74) is 4.53. The average Bonchev–Trinajstić information content (AvgIpc) is 3.05. The fraction of sp³-hybridized carbons (Fsp3) is 0.273. The highest BCUT2D eigenvalue weighted by molar-refractivity contribution is 5.70. The van der Waals surface area contributed by atoms with Gasteiger partial charge in [-0.15, -0.1) is 0 Å². The molecule has 26 heavy (non-hydrogen) atoms. The van der Waals surface area contributed by atoms with Crippen LogP contribution in [0.4, 0.5) is 17.5 Å². The summed E-state index contributed by atoms with van der Waals surface area (Å²) < 4.78 is 0. The summed E-state index contributed by atoms with van der Waals surface area (Å²) >= 11 is 0. The van der Waals surface area contributed by atoms with Gasteiger partial charge in [-0.1, -0.05) is 48.5 Å². The second-order valence-corrected chi connectivity index (χ2v) is 7.71. The fourth-order valence-electron chi connectivity index (χ4n) is 3.31. The minimum absolute atomic E-state index is 0.0670. The van der Waals surface area contributed by atoms with E-state index in [-0.39, 0.29) is 5.54 Å².